The molecule has 0 fully saturated rings. The number of nitrogens with zero attached hydrogens (tertiary/aromatic N) is 1. The average Bonchev–Trinajstić information content (AvgIpc) is 0.811. The molecule has 0 saturated carbocycles. The van der Waals surface area contributed by atoms with Gasteiger partial charge >= 0.3 is 0 Å². The van der Waals surface area contributed by atoms with Crippen molar-refractivity contribution in [2.75, 3.05) is 0 Å². The molecule has 5 heteroatoms. The van der Waals surface area contributed by atoms with Crippen LogP contribution in [0.3, 0.4) is 0 Å². The fourth-order valence-electron chi connectivity index (χ4n) is 0. The molecule has 2 radical (unpaired) electrons. The van der Waals surface area contributed by atoms with Crippen LogP contribution in [0.1, 0.15) is 0 Å². The second-order valence-corrected chi connectivity index (χ2v) is 0.238. The Morgan fingerprint density at radius 1 is 1.80 bits per heavy atom. The number of hydrogen-bond donors (Lipinski definition) is 1. The van der Waals surface area contributed by atoms with Gasteiger partial charge in [0.25, 0.3) is 5.09 Å². The van der Waals surface area contributed by atoms with Crippen molar-refractivity contribution in [3.05, 3.63) is 10.1 Å². The van der Waals surface area contributed by atoms with Crippen LogP contribution in [0, 0.1) is 10.1 Å². The third-order valence-electron chi connectivity index (χ3n) is 0. The van der Waals surface area contributed by atoms with Gasteiger partial charge in [-0.3, -0.25) is 0 Å². The normalized spacial score (nSPS) is 4.80. The molecule has 0 bridgehead atoms. The van der Waals surface area contributed by atoms with Gasteiger partial charge in [-0.1, -0.05) is 0 Å². The number of hydrogen-bond acceptors (Lipinski definition) is 2. The summed E-state index contributed by atoms with van der Waals surface area (Å²) in [5.41, 5.74) is 0. The zero-order valence-electron chi connectivity index (χ0n) is 2.12. The van der Waals surface area contributed by atoms with Crippen LogP contribution < -0.4 is 0 Å². The first-order valence-corrected chi connectivity index (χ1v) is 0.565. The molecule has 1 N–H and O–H groups in total. The monoisotopic (exact) mass is 143 g/mol. The second-order valence-electron chi connectivity index (χ2n) is 0.238. The van der Waals surface area contributed by atoms with Gasteiger partial charge in [0.15, 0.2) is 0 Å². The zero-order chi connectivity index (χ0) is 3.58. The fourth-order valence-corrected chi connectivity index (χ4v) is 0. The smallest absolute Gasteiger partial charge is 0.291 e. The van der Waals surface area contributed by atoms with Crippen molar-refractivity contribution in [2.24, 2.45) is 0 Å². The van der Waals surface area contributed by atoms with Gasteiger partial charge < -0.3 is 5.21 Å². The zero-order valence-corrected chi connectivity index (χ0v) is 3.83. The van der Waals surface area contributed by atoms with E-state index >= 15 is 0 Å². The summed E-state index contributed by atoms with van der Waals surface area (Å²) >= 11 is 0. The van der Waals surface area contributed by atoms with E-state index in [4.69, 9.17) is 15.3 Å². The van der Waals surface area contributed by atoms with Crippen molar-refractivity contribution >= 4 is 17.1 Å². The molecule has 0 heterocycles. The molecule has 0 aromatic rings. The third-order valence-corrected chi connectivity index (χ3v) is 0. The first-order valence-electron chi connectivity index (χ1n) is 0.565. The molecule has 0 aliphatic carbocycles. The van der Waals surface area contributed by atoms with E-state index in [2.05, 4.69) is 0 Å². The van der Waals surface area contributed by atoms with Crippen LogP contribution in [0.2, 0.25) is 0 Å². The molecule has 0 unspecified atom stereocenters. The van der Waals surface area contributed by atoms with Crippen molar-refractivity contribution in [1.29, 1.82) is 0 Å². The van der Waals surface area contributed by atoms with Crippen LogP contribution in [-0.2, 0) is 0 Å². The Bertz CT molecular complexity index is 29.9. The Hall–Kier alpha value is -0.281. The number of rotatable bonds is 0. The van der Waals surface area contributed by atoms with E-state index in [-0.39, 0.29) is 17.1 Å². The van der Waals surface area contributed by atoms with Gasteiger partial charge in [-0.15, -0.1) is 10.1 Å². The Labute approximate surface area is 38.4 Å². The molecule has 0 aromatic heterocycles. The topological polar surface area (TPSA) is 63.4 Å². The van der Waals surface area contributed by atoms with Crippen LogP contribution >= 0.6 is 0 Å². The fraction of sp³-hybridized carbons (Fsp3) is 0. The Morgan fingerprint density at radius 2 is 1.80 bits per heavy atom. The summed E-state index contributed by atoms with van der Waals surface area (Å²) in [6.45, 7) is 0. The quantitative estimate of drug-likeness (QED) is 0.275. The molecule has 0 rings (SSSR count). The summed E-state index contributed by atoms with van der Waals surface area (Å²) in [6.07, 6.45) is 0. The summed E-state index contributed by atoms with van der Waals surface area (Å²) in [4.78, 5) is 8.36. The minimum Gasteiger partial charge on any atom is -0.328 e. The molecule has 4 nitrogen and oxygen atoms in total. The maximum absolute atomic E-state index is 8.36. The van der Waals surface area contributed by atoms with E-state index in [1.54, 1.807) is 0 Å². The van der Waals surface area contributed by atoms with Gasteiger partial charge in [0, 0.05) is 17.1 Å². The van der Waals surface area contributed by atoms with E-state index in [9.17, 15) is 0 Å². The van der Waals surface area contributed by atoms with Crippen molar-refractivity contribution in [2.45, 2.75) is 0 Å². The summed E-state index contributed by atoms with van der Waals surface area (Å²) in [6, 6.07) is 0. The molecule has 0 aromatic carbocycles. The summed E-state index contributed by atoms with van der Waals surface area (Å²) in [5, 5.41) is 13.6. The Morgan fingerprint density at radius 3 is 1.80 bits per heavy atom. The Balaban J connectivity index is 0. The molecule has 0 spiro atoms. The summed E-state index contributed by atoms with van der Waals surface area (Å²) in [7, 11) is 0. The van der Waals surface area contributed by atoms with Gasteiger partial charge in [0.2, 0.25) is 0 Å². The van der Waals surface area contributed by atoms with Crippen LogP contribution in [-0.4, -0.2) is 27.4 Å². The summed E-state index contributed by atoms with van der Waals surface area (Å²) in [5.74, 6) is 0. The molecule has 0 saturated heterocycles. The molecule has 5 heavy (non-hydrogen) atoms. The van der Waals surface area contributed by atoms with Crippen LogP contribution in [0.25, 0.3) is 0 Å². The van der Waals surface area contributed by atoms with Gasteiger partial charge in [0.05, 0.1) is 0 Å². The maximum Gasteiger partial charge on any atom is 0.291 e. The minimum absolute atomic E-state index is 0. The molecule has 0 aliphatic heterocycles. The predicted octanol–water partition coefficient (Wildman–Crippen LogP) is -0.729. The third kappa shape index (κ3) is 140. The van der Waals surface area contributed by atoms with Crippen LogP contribution in [0.15, 0.2) is 0 Å². The van der Waals surface area contributed by atoms with Crippen LogP contribution in [0.4, 0.5) is 0 Å². The predicted molar refractivity (Wildman–Crippen MR) is 14.5 cm³/mol. The molecular weight excluding hydrogens is 141 g/mol. The van der Waals surface area contributed by atoms with E-state index in [1.807, 2.05) is 0 Å². The van der Waals surface area contributed by atoms with Crippen molar-refractivity contribution < 1.29 is 10.3 Å². The van der Waals surface area contributed by atoms with Crippen molar-refractivity contribution in [3.63, 3.8) is 0 Å². The molecule has 0 aliphatic rings. The van der Waals surface area contributed by atoms with Gasteiger partial charge in [-0.25, -0.2) is 0 Å². The van der Waals surface area contributed by atoms with Crippen molar-refractivity contribution in [1.82, 2.24) is 0 Å². The largest absolute Gasteiger partial charge is 0.328 e. The van der Waals surface area contributed by atoms with Gasteiger partial charge in [-0.05, 0) is 0 Å². The maximum atomic E-state index is 8.36. The standard InChI is InChI=1S/HNO3.Se/c2-1(3)4;/h(H,2,3,4);. The van der Waals surface area contributed by atoms with E-state index in [1.165, 1.54) is 0 Å². The second kappa shape index (κ2) is 3.72. The van der Waals surface area contributed by atoms with Crippen molar-refractivity contribution in [3.8, 4) is 0 Å². The van der Waals surface area contributed by atoms with Gasteiger partial charge in [-0.2, -0.15) is 0 Å². The molecule has 0 amide bonds. The van der Waals surface area contributed by atoms with Crippen LogP contribution in [0.5, 0.6) is 0 Å². The summed E-state index contributed by atoms with van der Waals surface area (Å²) < 4.78 is 0. The van der Waals surface area contributed by atoms with Gasteiger partial charge in [0.1, 0.15) is 0 Å². The Kier molecular flexibility index (Phi) is 6.57. The molecule has 30 valence electrons. The van der Waals surface area contributed by atoms with E-state index < -0.39 is 5.09 Å². The molecule has 0 atom stereocenters. The minimum atomic E-state index is -1.50. The van der Waals surface area contributed by atoms with E-state index in [0.717, 1.165) is 0 Å². The molecular formula is HNO3Se. The van der Waals surface area contributed by atoms with E-state index in [0.29, 0.717) is 0 Å². The first kappa shape index (κ1) is 8.83. The first-order chi connectivity index (χ1) is 1.73. The average molecular weight is 142 g/mol. The SMILES string of the molecule is O=[N+]([O-])O.[Se].